The Balaban J connectivity index is 2.93. The number of nitrogens with zero attached hydrogens (tertiary/aromatic N) is 2. The summed E-state index contributed by atoms with van der Waals surface area (Å²) in [5.41, 5.74) is 0.349. The summed E-state index contributed by atoms with van der Waals surface area (Å²) in [7, 11) is 0. The smallest absolute Gasteiger partial charge is 0.410 e. The Kier molecular flexibility index (Phi) is 5.69. The molecule has 0 heterocycles. The number of benzene rings is 1. The highest BCUT2D eigenvalue weighted by molar-refractivity contribution is 5.69. The third-order valence-electron chi connectivity index (χ3n) is 3.17. The van der Waals surface area contributed by atoms with Gasteiger partial charge in [0.2, 0.25) is 0 Å². The maximum atomic E-state index is 12.2. The van der Waals surface area contributed by atoms with Crippen molar-refractivity contribution in [3.63, 3.8) is 0 Å². The van der Waals surface area contributed by atoms with Crippen molar-refractivity contribution in [2.45, 2.75) is 52.8 Å². The van der Waals surface area contributed by atoms with Gasteiger partial charge in [0, 0.05) is 18.2 Å². The van der Waals surface area contributed by atoms with Crippen molar-refractivity contribution in [3.05, 3.63) is 39.9 Å². The fourth-order valence-corrected chi connectivity index (χ4v) is 2.29. The van der Waals surface area contributed by atoms with Gasteiger partial charge in [0.1, 0.15) is 6.10 Å². The minimum atomic E-state index is -0.681. The van der Waals surface area contributed by atoms with E-state index in [1.165, 1.54) is 6.07 Å². The van der Waals surface area contributed by atoms with Crippen molar-refractivity contribution in [2.24, 2.45) is 0 Å². The number of amides is 1. The molecule has 6 heteroatoms. The molecule has 0 aliphatic carbocycles. The number of ether oxygens (including phenoxy) is 1. The van der Waals surface area contributed by atoms with Crippen LogP contribution in [0.4, 0.5) is 10.5 Å². The van der Waals surface area contributed by atoms with Gasteiger partial charge in [0.05, 0.1) is 10.5 Å². The molecule has 0 fully saturated rings. The Morgan fingerprint density at radius 3 is 2.14 bits per heavy atom. The number of carbonyl (C=O) groups is 1. The lowest BCUT2D eigenvalue weighted by molar-refractivity contribution is -0.386. The zero-order valence-corrected chi connectivity index (χ0v) is 13.1. The minimum Gasteiger partial charge on any atom is -0.441 e. The van der Waals surface area contributed by atoms with Gasteiger partial charge in [0.15, 0.2) is 0 Å². The molecule has 1 unspecified atom stereocenters. The van der Waals surface area contributed by atoms with Crippen LogP contribution < -0.4 is 0 Å². The molecule has 1 rings (SSSR count). The molecule has 0 saturated heterocycles. The lowest BCUT2D eigenvalue weighted by Gasteiger charge is -2.31. The van der Waals surface area contributed by atoms with E-state index in [0.717, 1.165) is 0 Å². The van der Waals surface area contributed by atoms with Crippen LogP contribution in [0, 0.1) is 10.1 Å². The molecule has 21 heavy (non-hydrogen) atoms. The van der Waals surface area contributed by atoms with E-state index < -0.39 is 17.1 Å². The number of rotatable bonds is 5. The molecule has 1 aromatic rings. The molecule has 0 saturated carbocycles. The number of hydrogen-bond donors (Lipinski definition) is 0. The van der Waals surface area contributed by atoms with Gasteiger partial charge in [-0.15, -0.1) is 0 Å². The Morgan fingerprint density at radius 2 is 1.67 bits per heavy atom. The van der Waals surface area contributed by atoms with E-state index in [1.807, 2.05) is 27.7 Å². The standard InChI is InChI=1S/C15H22N2O4/c1-10(2)16(11(3)4)15(18)21-12(5)13-8-6-7-9-14(13)17(19)20/h6-12H,1-5H3. The van der Waals surface area contributed by atoms with Gasteiger partial charge in [-0.2, -0.15) is 0 Å². The number of para-hydroxylation sites is 1. The molecule has 0 spiro atoms. The fraction of sp³-hybridized carbons (Fsp3) is 0.533. The molecule has 6 nitrogen and oxygen atoms in total. The van der Waals surface area contributed by atoms with Crippen LogP contribution in [0.2, 0.25) is 0 Å². The second-order valence-corrected chi connectivity index (χ2v) is 5.44. The monoisotopic (exact) mass is 294 g/mol. The van der Waals surface area contributed by atoms with Gasteiger partial charge in [-0.25, -0.2) is 4.79 Å². The summed E-state index contributed by atoms with van der Waals surface area (Å²) in [4.78, 5) is 24.4. The van der Waals surface area contributed by atoms with Crippen molar-refractivity contribution < 1.29 is 14.5 Å². The predicted molar refractivity (Wildman–Crippen MR) is 80.1 cm³/mol. The Bertz CT molecular complexity index is 506. The van der Waals surface area contributed by atoms with E-state index >= 15 is 0 Å². The highest BCUT2D eigenvalue weighted by atomic mass is 16.6. The largest absolute Gasteiger partial charge is 0.441 e. The van der Waals surface area contributed by atoms with Crippen LogP contribution in [-0.2, 0) is 4.74 Å². The zero-order chi connectivity index (χ0) is 16.2. The number of carbonyl (C=O) groups excluding carboxylic acids is 1. The summed E-state index contributed by atoms with van der Waals surface area (Å²) in [6, 6.07) is 6.28. The summed E-state index contributed by atoms with van der Waals surface area (Å²) in [5.74, 6) is 0. The molecule has 1 amide bonds. The summed E-state index contributed by atoms with van der Waals surface area (Å²) in [6.45, 7) is 9.24. The molecular formula is C15H22N2O4. The van der Waals surface area contributed by atoms with Crippen LogP contribution >= 0.6 is 0 Å². The maximum absolute atomic E-state index is 12.2. The second-order valence-electron chi connectivity index (χ2n) is 5.44. The third kappa shape index (κ3) is 4.18. The Labute approximate surface area is 124 Å². The van der Waals surface area contributed by atoms with Crippen molar-refractivity contribution in [2.75, 3.05) is 0 Å². The zero-order valence-electron chi connectivity index (χ0n) is 13.1. The first-order valence-corrected chi connectivity index (χ1v) is 6.98. The average molecular weight is 294 g/mol. The molecule has 1 atom stereocenters. The molecular weight excluding hydrogens is 272 g/mol. The van der Waals surface area contributed by atoms with Crippen LogP contribution in [0.15, 0.2) is 24.3 Å². The van der Waals surface area contributed by atoms with Gasteiger partial charge in [-0.1, -0.05) is 12.1 Å². The lowest BCUT2D eigenvalue weighted by atomic mass is 10.1. The number of nitro groups is 1. The molecule has 116 valence electrons. The topological polar surface area (TPSA) is 72.7 Å². The summed E-state index contributed by atoms with van der Waals surface area (Å²) in [6.07, 6.45) is -1.15. The normalized spacial score (nSPS) is 12.3. The highest BCUT2D eigenvalue weighted by Crippen LogP contribution is 2.27. The van der Waals surface area contributed by atoms with Crippen LogP contribution in [0.25, 0.3) is 0 Å². The van der Waals surface area contributed by atoms with Gasteiger partial charge in [-0.3, -0.25) is 10.1 Å². The molecule has 0 aliphatic rings. The van der Waals surface area contributed by atoms with Crippen LogP contribution in [0.1, 0.15) is 46.3 Å². The first-order chi connectivity index (χ1) is 9.75. The molecule has 0 bridgehead atoms. The van der Waals surface area contributed by atoms with Gasteiger partial charge in [0.25, 0.3) is 5.69 Å². The Morgan fingerprint density at radius 1 is 1.14 bits per heavy atom. The lowest BCUT2D eigenvalue weighted by Crippen LogP contribution is -2.42. The van der Waals surface area contributed by atoms with E-state index in [-0.39, 0.29) is 17.8 Å². The molecule has 0 aromatic heterocycles. The van der Waals surface area contributed by atoms with Crippen molar-refractivity contribution in [3.8, 4) is 0 Å². The van der Waals surface area contributed by atoms with Gasteiger partial charge in [-0.05, 0) is 40.7 Å². The van der Waals surface area contributed by atoms with E-state index in [0.29, 0.717) is 5.56 Å². The highest BCUT2D eigenvalue weighted by Gasteiger charge is 2.26. The fourth-order valence-electron chi connectivity index (χ4n) is 2.29. The summed E-state index contributed by atoms with van der Waals surface area (Å²) >= 11 is 0. The Hall–Kier alpha value is -2.11. The van der Waals surface area contributed by atoms with Gasteiger partial charge < -0.3 is 9.64 Å². The van der Waals surface area contributed by atoms with E-state index in [4.69, 9.17) is 4.74 Å². The van der Waals surface area contributed by atoms with Crippen molar-refractivity contribution >= 4 is 11.8 Å². The van der Waals surface area contributed by atoms with Crippen LogP contribution in [-0.4, -0.2) is 28.0 Å². The summed E-state index contributed by atoms with van der Waals surface area (Å²) < 4.78 is 5.39. The first kappa shape index (κ1) is 16.9. The number of hydrogen-bond acceptors (Lipinski definition) is 4. The molecule has 0 radical (unpaired) electrons. The summed E-state index contributed by atoms with van der Waals surface area (Å²) in [5, 5.41) is 11.0. The molecule has 0 aliphatic heterocycles. The minimum absolute atomic E-state index is 0.00420. The maximum Gasteiger partial charge on any atom is 0.410 e. The first-order valence-electron chi connectivity index (χ1n) is 6.98. The van der Waals surface area contributed by atoms with Crippen molar-refractivity contribution in [1.29, 1.82) is 0 Å². The SMILES string of the molecule is CC(OC(=O)N(C(C)C)C(C)C)c1ccccc1[N+](=O)[O-]. The van der Waals surface area contributed by atoms with E-state index in [9.17, 15) is 14.9 Å². The second kappa shape index (κ2) is 7.06. The average Bonchev–Trinajstić information content (AvgIpc) is 2.37. The van der Waals surface area contributed by atoms with Crippen LogP contribution in [0.3, 0.4) is 0 Å². The van der Waals surface area contributed by atoms with E-state index in [2.05, 4.69) is 0 Å². The van der Waals surface area contributed by atoms with Crippen molar-refractivity contribution in [1.82, 2.24) is 4.90 Å². The molecule has 0 N–H and O–H groups in total. The van der Waals surface area contributed by atoms with Gasteiger partial charge >= 0.3 is 6.09 Å². The van der Waals surface area contributed by atoms with E-state index in [1.54, 1.807) is 30.0 Å². The number of nitro benzene ring substituents is 1. The predicted octanol–water partition coefficient (Wildman–Crippen LogP) is 3.91. The van der Waals surface area contributed by atoms with Crippen LogP contribution in [0.5, 0.6) is 0 Å². The quantitative estimate of drug-likeness (QED) is 0.609. The third-order valence-corrected chi connectivity index (χ3v) is 3.17. The molecule has 1 aromatic carbocycles.